The predicted molar refractivity (Wildman–Crippen MR) is 102 cm³/mol. The highest BCUT2D eigenvalue weighted by atomic mass is 35.5. The molecule has 0 unspecified atom stereocenters. The van der Waals surface area contributed by atoms with Gasteiger partial charge in [-0.15, -0.1) is 21.5 Å². The van der Waals surface area contributed by atoms with Gasteiger partial charge in [-0.3, -0.25) is 0 Å². The van der Waals surface area contributed by atoms with E-state index >= 15 is 0 Å². The van der Waals surface area contributed by atoms with Gasteiger partial charge in [0.1, 0.15) is 0 Å². The number of rotatable bonds is 7. The van der Waals surface area contributed by atoms with Crippen LogP contribution in [0.25, 0.3) is 0 Å². The lowest BCUT2D eigenvalue weighted by atomic mass is 10.2. The van der Waals surface area contributed by atoms with E-state index in [1.165, 1.54) is 5.56 Å². The molecule has 0 fully saturated rings. The van der Waals surface area contributed by atoms with Crippen molar-refractivity contribution in [1.29, 1.82) is 0 Å². The zero-order valence-corrected chi connectivity index (χ0v) is 15.6. The third-order valence-electron chi connectivity index (χ3n) is 3.28. The lowest BCUT2D eigenvalue weighted by Gasteiger charge is -2.04. The molecule has 2 aromatic heterocycles. The monoisotopic (exact) mass is 376 g/mol. The highest BCUT2D eigenvalue weighted by Crippen LogP contribution is 2.23. The van der Waals surface area contributed by atoms with E-state index in [0.717, 1.165) is 39.5 Å². The van der Waals surface area contributed by atoms with Gasteiger partial charge in [0.2, 0.25) is 5.16 Å². The summed E-state index contributed by atoms with van der Waals surface area (Å²) in [6.45, 7) is 2.13. The first-order valence-electron chi connectivity index (χ1n) is 7.65. The smallest absolute Gasteiger partial charge is 0.191 e. The maximum atomic E-state index is 5.93. The molecule has 0 aliphatic carbocycles. The first-order valence-corrected chi connectivity index (χ1v) is 9.90. The number of thiophene rings is 1. The highest BCUT2D eigenvalue weighted by molar-refractivity contribution is 7.98. The molecular formula is C17H17ClN4S2. The zero-order valence-electron chi connectivity index (χ0n) is 13.2. The molecule has 0 saturated carbocycles. The van der Waals surface area contributed by atoms with Gasteiger partial charge in [0.25, 0.3) is 0 Å². The number of hydrogen-bond acceptors (Lipinski definition) is 5. The molecule has 3 aromatic rings. The Morgan fingerprint density at radius 2 is 2.08 bits per heavy atom. The summed E-state index contributed by atoms with van der Waals surface area (Å²) in [5, 5.41) is 16.8. The van der Waals surface area contributed by atoms with Gasteiger partial charge in [0.15, 0.2) is 5.82 Å². The number of aromatic nitrogens is 3. The molecule has 7 heteroatoms. The van der Waals surface area contributed by atoms with Crippen molar-refractivity contribution in [2.24, 2.45) is 5.10 Å². The molecule has 0 aliphatic heterocycles. The van der Waals surface area contributed by atoms with E-state index in [1.54, 1.807) is 23.1 Å². The second kappa shape index (κ2) is 8.46. The molecule has 0 atom stereocenters. The van der Waals surface area contributed by atoms with Crippen LogP contribution < -0.4 is 0 Å². The summed E-state index contributed by atoms with van der Waals surface area (Å²) in [5.41, 5.74) is 1.19. The molecule has 0 bridgehead atoms. The third kappa shape index (κ3) is 4.47. The Morgan fingerprint density at radius 1 is 1.25 bits per heavy atom. The van der Waals surface area contributed by atoms with Gasteiger partial charge in [-0.05, 0) is 35.6 Å². The molecule has 0 aliphatic rings. The number of aryl methyl sites for hydroxylation is 1. The first kappa shape index (κ1) is 17.2. The fourth-order valence-electron chi connectivity index (χ4n) is 2.09. The van der Waals surface area contributed by atoms with Crippen LogP contribution in [-0.4, -0.2) is 21.1 Å². The van der Waals surface area contributed by atoms with Gasteiger partial charge in [-0.25, -0.2) is 0 Å². The van der Waals surface area contributed by atoms with Crippen LogP contribution >= 0.6 is 34.7 Å². The third-order valence-corrected chi connectivity index (χ3v) is 5.32. The Kier molecular flexibility index (Phi) is 6.07. The van der Waals surface area contributed by atoms with E-state index in [-0.39, 0.29) is 0 Å². The summed E-state index contributed by atoms with van der Waals surface area (Å²) in [7, 11) is 0. The minimum Gasteiger partial charge on any atom is -0.191 e. The van der Waals surface area contributed by atoms with Crippen LogP contribution in [0.1, 0.15) is 29.6 Å². The van der Waals surface area contributed by atoms with Gasteiger partial charge in [0.05, 0.1) is 6.21 Å². The molecule has 0 saturated heterocycles. The molecule has 0 N–H and O–H groups in total. The van der Waals surface area contributed by atoms with Crippen LogP contribution in [-0.2, 0) is 12.2 Å². The number of nitrogens with zero attached hydrogens (tertiary/aromatic N) is 4. The quantitative estimate of drug-likeness (QED) is 0.424. The first-order chi connectivity index (χ1) is 11.8. The SMILES string of the molecule is CCCc1nnc(SCc2ccc(Cl)cc2)n1/N=C/c1cccs1. The Hall–Kier alpha value is -1.63. The van der Waals surface area contributed by atoms with Gasteiger partial charge in [-0.2, -0.15) is 9.78 Å². The van der Waals surface area contributed by atoms with Gasteiger partial charge >= 0.3 is 0 Å². The summed E-state index contributed by atoms with van der Waals surface area (Å²) in [6, 6.07) is 11.9. The number of thioether (sulfide) groups is 1. The Balaban J connectivity index is 1.77. The fourth-order valence-corrected chi connectivity index (χ4v) is 3.66. The summed E-state index contributed by atoms with van der Waals surface area (Å²) in [4.78, 5) is 1.11. The van der Waals surface area contributed by atoms with Crippen molar-refractivity contribution < 1.29 is 0 Å². The van der Waals surface area contributed by atoms with Gasteiger partial charge < -0.3 is 0 Å². The molecule has 0 amide bonds. The van der Waals surface area contributed by atoms with Crippen molar-refractivity contribution in [2.75, 3.05) is 0 Å². The maximum absolute atomic E-state index is 5.93. The minimum absolute atomic E-state index is 0.748. The van der Waals surface area contributed by atoms with E-state index in [2.05, 4.69) is 22.2 Å². The molecule has 124 valence electrons. The summed E-state index contributed by atoms with van der Waals surface area (Å²) < 4.78 is 1.85. The largest absolute Gasteiger partial charge is 0.212 e. The zero-order chi connectivity index (χ0) is 16.8. The van der Waals surface area contributed by atoms with Crippen LogP contribution in [0.15, 0.2) is 52.0 Å². The summed E-state index contributed by atoms with van der Waals surface area (Å²) >= 11 is 9.22. The topological polar surface area (TPSA) is 43.1 Å². The average molecular weight is 377 g/mol. The average Bonchev–Trinajstić information content (AvgIpc) is 3.23. The number of hydrogen-bond donors (Lipinski definition) is 0. The van der Waals surface area contributed by atoms with E-state index in [9.17, 15) is 0 Å². The molecule has 0 spiro atoms. The molecule has 24 heavy (non-hydrogen) atoms. The van der Waals surface area contributed by atoms with Crippen molar-refractivity contribution in [3.05, 3.63) is 63.1 Å². The van der Waals surface area contributed by atoms with Gasteiger partial charge in [0, 0.05) is 22.1 Å². The lowest BCUT2D eigenvalue weighted by molar-refractivity contribution is 0.700. The van der Waals surface area contributed by atoms with Crippen LogP contribution in [0.2, 0.25) is 5.02 Å². The molecule has 3 rings (SSSR count). The van der Waals surface area contributed by atoms with E-state index in [4.69, 9.17) is 11.6 Å². The van der Waals surface area contributed by atoms with Crippen molar-refractivity contribution in [2.45, 2.75) is 30.7 Å². The minimum atomic E-state index is 0.748. The van der Waals surface area contributed by atoms with Gasteiger partial charge in [-0.1, -0.05) is 48.5 Å². The Morgan fingerprint density at radius 3 is 2.79 bits per heavy atom. The fraction of sp³-hybridized carbons (Fsp3) is 0.235. The van der Waals surface area contributed by atoms with E-state index in [0.29, 0.717) is 0 Å². The predicted octanol–water partition coefficient (Wildman–Crippen LogP) is 5.12. The van der Waals surface area contributed by atoms with E-state index in [1.807, 2.05) is 52.7 Å². The second-order valence-corrected chi connectivity index (χ2v) is 7.49. The Labute approximate surface area is 154 Å². The van der Waals surface area contributed by atoms with Crippen molar-refractivity contribution >= 4 is 40.9 Å². The normalized spacial score (nSPS) is 11.4. The van der Waals surface area contributed by atoms with Crippen LogP contribution in [0.3, 0.4) is 0 Å². The molecule has 2 heterocycles. The van der Waals surface area contributed by atoms with Crippen molar-refractivity contribution in [3.63, 3.8) is 0 Å². The molecule has 0 radical (unpaired) electrons. The van der Waals surface area contributed by atoms with Crippen molar-refractivity contribution in [3.8, 4) is 0 Å². The molecule has 4 nitrogen and oxygen atoms in total. The molecule has 1 aromatic carbocycles. The summed E-state index contributed by atoms with van der Waals surface area (Å²) in [5.74, 6) is 1.69. The van der Waals surface area contributed by atoms with Crippen LogP contribution in [0, 0.1) is 0 Å². The van der Waals surface area contributed by atoms with Crippen LogP contribution in [0.4, 0.5) is 0 Å². The standard InChI is InChI=1S/C17H17ClN4S2/c1-2-4-16-20-21-17(22(16)19-11-15-5-3-10-23-15)24-12-13-6-8-14(18)9-7-13/h3,5-11H,2,4,12H2,1H3/b19-11+. The lowest BCUT2D eigenvalue weighted by Crippen LogP contribution is -2.00. The summed E-state index contributed by atoms with van der Waals surface area (Å²) in [6.07, 6.45) is 3.73. The van der Waals surface area contributed by atoms with Crippen LogP contribution in [0.5, 0.6) is 0 Å². The molecular weight excluding hydrogens is 360 g/mol. The Bertz CT molecular complexity index is 795. The second-order valence-electron chi connectivity index (χ2n) is 5.14. The highest BCUT2D eigenvalue weighted by Gasteiger charge is 2.11. The number of halogens is 1. The van der Waals surface area contributed by atoms with E-state index < -0.39 is 0 Å². The number of benzene rings is 1. The maximum Gasteiger partial charge on any atom is 0.212 e. The van der Waals surface area contributed by atoms with Crippen molar-refractivity contribution in [1.82, 2.24) is 14.9 Å².